The maximum absolute atomic E-state index is 11.9. The van der Waals surface area contributed by atoms with Crippen LogP contribution in [0.25, 0.3) is 0 Å². The van der Waals surface area contributed by atoms with E-state index in [9.17, 15) is 9.59 Å². The number of carbonyl (C=O) groups excluding carboxylic acids is 2. The Morgan fingerprint density at radius 3 is 2.56 bits per heavy atom. The molecule has 0 spiro atoms. The van der Waals surface area contributed by atoms with Crippen LogP contribution >= 0.6 is 11.8 Å². The number of carbonyl (C=O) groups is 2. The molecule has 0 unspecified atom stereocenters. The summed E-state index contributed by atoms with van der Waals surface area (Å²) >= 11 is 1.72. The van der Waals surface area contributed by atoms with Gasteiger partial charge in [0.2, 0.25) is 5.91 Å². The van der Waals surface area contributed by atoms with Crippen molar-refractivity contribution in [1.82, 2.24) is 5.32 Å². The lowest BCUT2D eigenvalue weighted by molar-refractivity contribution is -0.121. The van der Waals surface area contributed by atoms with Crippen LogP contribution in [-0.2, 0) is 4.79 Å². The van der Waals surface area contributed by atoms with Crippen molar-refractivity contribution >= 4 is 23.5 Å². The fraction of sp³-hybridized carbons (Fsp3) is 0.333. The molecule has 0 radical (unpaired) electrons. The van der Waals surface area contributed by atoms with Gasteiger partial charge in [-0.15, -0.1) is 11.8 Å². The van der Waals surface area contributed by atoms with Gasteiger partial charge < -0.3 is 14.8 Å². The highest BCUT2D eigenvalue weighted by Crippen LogP contribution is 2.28. The second-order valence-corrected chi connectivity index (χ2v) is 7.05. The number of benzene rings is 2. The lowest BCUT2D eigenvalue weighted by Gasteiger charge is -2.11. The van der Waals surface area contributed by atoms with Crippen LogP contribution in [0.2, 0.25) is 0 Å². The first-order valence-corrected chi connectivity index (χ1v) is 9.85. The summed E-state index contributed by atoms with van der Waals surface area (Å²) in [6, 6.07) is 15.2. The Balaban J connectivity index is 1.63. The minimum atomic E-state index is -0.0260. The summed E-state index contributed by atoms with van der Waals surface area (Å²) in [7, 11) is 1.53. The van der Waals surface area contributed by atoms with E-state index in [0.717, 1.165) is 5.75 Å². The van der Waals surface area contributed by atoms with Crippen molar-refractivity contribution in [3.05, 3.63) is 54.1 Å². The zero-order valence-corrected chi connectivity index (χ0v) is 16.5. The monoisotopic (exact) mass is 387 g/mol. The predicted octanol–water partition coefficient (Wildman–Crippen LogP) is 3.97. The smallest absolute Gasteiger partial charge is 0.220 e. The highest BCUT2D eigenvalue weighted by molar-refractivity contribution is 7.99. The van der Waals surface area contributed by atoms with Crippen molar-refractivity contribution in [1.29, 1.82) is 0 Å². The lowest BCUT2D eigenvalue weighted by atomic mass is 10.1. The second kappa shape index (κ2) is 11.3. The van der Waals surface area contributed by atoms with Gasteiger partial charge in [0.25, 0.3) is 0 Å². The summed E-state index contributed by atoms with van der Waals surface area (Å²) in [6.45, 7) is 2.55. The number of hydrogen-bond donors (Lipinski definition) is 1. The van der Waals surface area contributed by atoms with Gasteiger partial charge in [-0.05, 0) is 43.7 Å². The predicted molar refractivity (Wildman–Crippen MR) is 108 cm³/mol. The molecule has 0 aliphatic carbocycles. The van der Waals surface area contributed by atoms with Crippen LogP contribution in [0.4, 0.5) is 0 Å². The summed E-state index contributed by atoms with van der Waals surface area (Å²) in [5.74, 6) is 1.92. The van der Waals surface area contributed by atoms with Crippen LogP contribution in [-0.4, -0.2) is 37.7 Å². The Morgan fingerprint density at radius 2 is 1.85 bits per heavy atom. The Hall–Kier alpha value is -2.47. The first-order valence-electron chi connectivity index (χ1n) is 8.86. The SMILES string of the molecule is COc1cc(C(C)=O)ccc1OCCCC(=O)NCCSc1ccccc1. The molecule has 144 valence electrons. The van der Waals surface area contributed by atoms with E-state index in [1.54, 1.807) is 30.0 Å². The van der Waals surface area contributed by atoms with E-state index in [1.807, 2.05) is 18.2 Å². The number of Topliss-reactive ketones (excluding diaryl/α,β-unsaturated/α-hetero) is 1. The maximum atomic E-state index is 11.9. The van der Waals surface area contributed by atoms with Gasteiger partial charge in [0.05, 0.1) is 13.7 Å². The lowest BCUT2D eigenvalue weighted by Crippen LogP contribution is -2.25. The van der Waals surface area contributed by atoms with Crippen LogP contribution in [0.1, 0.15) is 30.1 Å². The molecule has 1 N–H and O–H groups in total. The van der Waals surface area contributed by atoms with E-state index in [4.69, 9.17) is 9.47 Å². The zero-order chi connectivity index (χ0) is 19.5. The number of nitrogens with one attached hydrogen (secondary N) is 1. The van der Waals surface area contributed by atoms with Gasteiger partial charge in [-0.2, -0.15) is 0 Å². The Kier molecular flexibility index (Phi) is 8.71. The Labute approximate surface area is 164 Å². The molecule has 1 amide bonds. The fourth-order valence-corrected chi connectivity index (χ4v) is 3.17. The Bertz CT molecular complexity index is 749. The molecular formula is C21H25NO4S. The molecule has 5 nitrogen and oxygen atoms in total. The molecule has 0 fully saturated rings. The van der Waals surface area contributed by atoms with Crippen LogP contribution < -0.4 is 14.8 Å². The molecule has 0 aliphatic rings. The molecule has 6 heteroatoms. The molecule has 27 heavy (non-hydrogen) atoms. The Morgan fingerprint density at radius 1 is 1.07 bits per heavy atom. The average molecular weight is 388 g/mol. The first-order chi connectivity index (χ1) is 13.1. The normalized spacial score (nSPS) is 10.3. The molecule has 2 rings (SSSR count). The first kappa shape index (κ1) is 20.8. The van der Waals surface area contributed by atoms with Gasteiger partial charge in [-0.3, -0.25) is 9.59 Å². The minimum Gasteiger partial charge on any atom is -0.493 e. The van der Waals surface area contributed by atoms with Crippen molar-refractivity contribution in [3.63, 3.8) is 0 Å². The molecule has 2 aromatic carbocycles. The third-order valence-corrected chi connectivity index (χ3v) is 4.83. The standard InChI is InChI=1S/C21H25NO4S/c1-16(23)17-10-11-19(20(15-17)25-2)26-13-6-9-21(24)22-12-14-27-18-7-4-3-5-8-18/h3-5,7-8,10-11,15H,6,9,12-14H2,1-2H3,(H,22,24). The third-order valence-electron chi connectivity index (χ3n) is 3.81. The molecule has 0 heterocycles. The summed E-state index contributed by atoms with van der Waals surface area (Å²) in [5, 5.41) is 2.92. The van der Waals surface area contributed by atoms with Crippen molar-refractivity contribution in [2.24, 2.45) is 0 Å². The zero-order valence-electron chi connectivity index (χ0n) is 15.7. The average Bonchev–Trinajstić information content (AvgIpc) is 2.69. The highest BCUT2D eigenvalue weighted by atomic mass is 32.2. The molecule has 0 saturated carbocycles. The quantitative estimate of drug-likeness (QED) is 0.359. The molecule has 0 saturated heterocycles. The van der Waals surface area contributed by atoms with E-state index in [0.29, 0.717) is 43.1 Å². The number of amides is 1. The van der Waals surface area contributed by atoms with Crippen LogP contribution in [0.5, 0.6) is 11.5 Å². The number of rotatable bonds is 11. The number of hydrogen-bond acceptors (Lipinski definition) is 5. The van der Waals surface area contributed by atoms with Gasteiger partial charge in [-0.25, -0.2) is 0 Å². The second-order valence-electron chi connectivity index (χ2n) is 5.89. The summed E-state index contributed by atoms with van der Waals surface area (Å²) in [6.07, 6.45) is 1.01. The molecular weight excluding hydrogens is 362 g/mol. The number of ketones is 1. The fourth-order valence-electron chi connectivity index (χ4n) is 2.39. The summed E-state index contributed by atoms with van der Waals surface area (Å²) in [4.78, 5) is 24.5. The largest absolute Gasteiger partial charge is 0.493 e. The number of thioether (sulfide) groups is 1. The van der Waals surface area contributed by atoms with Gasteiger partial charge in [0.1, 0.15) is 0 Å². The van der Waals surface area contributed by atoms with Gasteiger partial charge in [0.15, 0.2) is 17.3 Å². The van der Waals surface area contributed by atoms with Crippen LogP contribution in [0.15, 0.2) is 53.4 Å². The van der Waals surface area contributed by atoms with Crippen molar-refractivity contribution in [2.75, 3.05) is 26.0 Å². The molecule has 0 bridgehead atoms. The van der Waals surface area contributed by atoms with E-state index in [1.165, 1.54) is 18.9 Å². The number of methoxy groups -OCH3 is 1. The molecule has 0 aliphatic heterocycles. The van der Waals surface area contributed by atoms with E-state index >= 15 is 0 Å². The van der Waals surface area contributed by atoms with Gasteiger partial charge in [0, 0.05) is 29.2 Å². The minimum absolute atomic E-state index is 0.0196. The molecule has 0 aromatic heterocycles. The molecule has 0 atom stereocenters. The van der Waals surface area contributed by atoms with Crippen LogP contribution in [0, 0.1) is 0 Å². The maximum Gasteiger partial charge on any atom is 0.220 e. The van der Waals surface area contributed by atoms with E-state index < -0.39 is 0 Å². The van der Waals surface area contributed by atoms with Crippen molar-refractivity contribution in [2.45, 2.75) is 24.7 Å². The number of ether oxygens (including phenoxy) is 2. The topological polar surface area (TPSA) is 64.6 Å². The molecule has 2 aromatic rings. The third kappa shape index (κ3) is 7.35. The van der Waals surface area contributed by atoms with Crippen molar-refractivity contribution in [3.8, 4) is 11.5 Å². The van der Waals surface area contributed by atoms with Gasteiger partial charge >= 0.3 is 0 Å². The van der Waals surface area contributed by atoms with Crippen LogP contribution in [0.3, 0.4) is 0 Å². The van der Waals surface area contributed by atoms with Gasteiger partial charge in [-0.1, -0.05) is 18.2 Å². The van der Waals surface area contributed by atoms with E-state index in [-0.39, 0.29) is 11.7 Å². The summed E-state index contributed by atoms with van der Waals surface area (Å²) < 4.78 is 10.9. The van der Waals surface area contributed by atoms with Crippen molar-refractivity contribution < 1.29 is 19.1 Å². The summed E-state index contributed by atoms with van der Waals surface area (Å²) in [5.41, 5.74) is 0.576. The highest BCUT2D eigenvalue weighted by Gasteiger charge is 2.09. The van der Waals surface area contributed by atoms with E-state index in [2.05, 4.69) is 17.4 Å².